The Hall–Kier alpha value is -2.37. The Kier molecular flexibility index (Phi) is 3.79. The molecule has 0 spiro atoms. The summed E-state index contributed by atoms with van der Waals surface area (Å²) in [6.07, 6.45) is 5.23. The van der Waals surface area contributed by atoms with Crippen molar-refractivity contribution in [2.45, 2.75) is 6.54 Å². The van der Waals surface area contributed by atoms with E-state index in [1.807, 2.05) is 13.2 Å². The number of anilines is 1. The number of hydrogen-bond acceptors (Lipinski definition) is 4. The molecule has 0 unspecified atom stereocenters. The monoisotopic (exact) mass is 259 g/mol. The molecule has 2 heterocycles. The lowest BCUT2D eigenvalue weighted by atomic mass is 10.2. The molecule has 2 aromatic heterocycles. The van der Waals surface area contributed by atoms with Gasteiger partial charge in [-0.15, -0.1) is 0 Å². The van der Waals surface area contributed by atoms with Crippen LogP contribution in [0.5, 0.6) is 0 Å². The van der Waals surface area contributed by atoms with Crippen LogP contribution in [0.25, 0.3) is 0 Å². The second kappa shape index (κ2) is 5.51. The van der Waals surface area contributed by atoms with E-state index in [2.05, 4.69) is 15.4 Å². The largest absolute Gasteiger partial charge is 0.373 e. The Morgan fingerprint density at radius 3 is 2.74 bits per heavy atom. The number of nitrogens with zero attached hydrogens (tertiary/aromatic N) is 4. The van der Waals surface area contributed by atoms with E-state index in [0.717, 1.165) is 11.4 Å². The fourth-order valence-corrected chi connectivity index (χ4v) is 1.79. The van der Waals surface area contributed by atoms with Gasteiger partial charge in [0.05, 0.1) is 11.8 Å². The molecule has 2 aromatic rings. The van der Waals surface area contributed by atoms with Gasteiger partial charge in [-0.25, -0.2) is 4.98 Å². The molecule has 19 heavy (non-hydrogen) atoms. The van der Waals surface area contributed by atoms with E-state index in [9.17, 15) is 4.79 Å². The van der Waals surface area contributed by atoms with Gasteiger partial charge in [0, 0.05) is 45.6 Å². The summed E-state index contributed by atoms with van der Waals surface area (Å²) < 4.78 is 1.72. The van der Waals surface area contributed by atoms with Crippen molar-refractivity contribution in [2.75, 3.05) is 19.4 Å². The third-order valence-electron chi connectivity index (χ3n) is 2.79. The van der Waals surface area contributed by atoms with E-state index >= 15 is 0 Å². The highest BCUT2D eigenvalue weighted by atomic mass is 16.2. The summed E-state index contributed by atoms with van der Waals surface area (Å²) in [7, 11) is 5.41. The van der Waals surface area contributed by atoms with Crippen molar-refractivity contribution >= 4 is 11.7 Å². The number of hydrogen-bond donors (Lipinski definition) is 1. The predicted molar refractivity (Wildman–Crippen MR) is 72.8 cm³/mol. The van der Waals surface area contributed by atoms with Crippen LogP contribution < -0.4 is 5.32 Å². The minimum atomic E-state index is -0.0565. The van der Waals surface area contributed by atoms with Gasteiger partial charge in [-0.2, -0.15) is 5.10 Å². The van der Waals surface area contributed by atoms with Gasteiger partial charge < -0.3 is 10.2 Å². The van der Waals surface area contributed by atoms with Crippen LogP contribution in [-0.4, -0.2) is 39.7 Å². The van der Waals surface area contributed by atoms with Crippen LogP contribution in [0.1, 0.15) is 15.9 Å². The molecule has 6 nitrogen and oxygen atoms in total. The van der Waals surface area contributed by atoms with Crippen molar-refractivity contribution in [1.82, 2.24) is 19.7 Å². The fraction of sp³-hybridized carbons (Fsp3) is 0.308. The van der Waals surface area contributed by atoms with E-state index < -0.39 is 0 Å². The summed E-state index contributed by atoms with van der Waals surface area (Å²) in [4.78, 5) is 18.0. The average Bonchev–Trinajstić information content (AvgIpc) is 2.83. The molecule has 0 saturated carbocycles. The van der Waals surface area contributed by atoms with Crippen molar-refractivity contribution in [3.63, 3.8) is 0 Å². The highest BCUT2D eigenvalue weighted by Crippen LogP contribution is 2.09. The van der Waals surface area contributed by atoms with E-state index in [4.69, 9.17) is 0 Å². The number of amides is 1. The van der Waals surface area contributed by atoms with Gasteiger partial charge in [-0.05, 0) is 12.1 Å². The lowest BCUT2D eigenvalue weighted by molar-refractivity contribution is 0.0784. The fourth-order valence-electron chi connectivity index (χ4n) is 1.79. The van der Waals surface area contributed by atoms with E-state index in [1.165, 1.54) is 0 Å². The van der Waals surface area contributed by atoms with Gasteiger partial charge in [-0.1, -0.05) is 0 Å². The van der Waals surface area contributed by atoms with Crippen LogP contribution in [0, 0.1) is 0 Å². The molecule has 6 heteroatoms. The number of rotatable bonds is 4. The summed E-state index contributed by atoms with van der Waals surface area (Å²) in [6.45, 7) is 0.528. The van der Waals surface area contributed by atoms with Crippen LogP contribution in [0.2, 0.25) is 0 Å². The summed E-state index contributed by atoms with van der Waals surface area (Å²) in [5.41, 5.74) is 1.57. The Labute approximate surface area is 112 Å². The molecular weight excluding hydrogens is 242 g/mol. The molecule has 0 atom stereocenters. The molecule has 100 valence electrons. The Balaban J connectivity index is 2.05. The minimum Gasteiger partial charge on any atom is -0.373 e. The second-order valence-corrected chi connectivity index (χ2v) is 4.37. The predicted octanol–water partition coefficient (Wildman–Crippen LogP) is 1.13. The van der Waals surface area contributed by atoms with Crippen LogP contribution in [0.15, 0.2) is 30.7 Å². The number of pyridine rings is 1. The second-order valence-electron chi connectivity index (χ2n) is 4.37. The molecule has 0 aliphatic heterocycles. The average molecular weight is 259 g/mol. The molecular formula is C13H17N5O. The lowest BCUT2D eigenvalue weighted by Gasteiger charge is -2.16. The Morgan fingerprint density at radius 2 is 2.21 bits per heavy atom. The van der Waals surface area contributed by atoms with E-state index in [0.29, 0.717) is 12.1 Å². The molecule has 0 bridgehead atoms. The van der Waals surface area contributed by atoms with Gasteiger partial charge in [0.15, 0.2) is 0 Å². The Bertz CT molecular complexity index is 561. The number of aromatic nitrogens is 3. The number of carbonyl (C=O) groups excluding carboxylic acids is 1. The van der Waals surface area contributed by atoms with Gasteiger partial charge in [0.2, 0.25) is 0 Å². The first-order chi connectivity index (χ1) is 9.10. The highest BCUT2D eigenvalue weighted by Gasteiger charge is 2.13. The van der Waals surface area contributed by atoms with Gasteiger partial charge in [-0.3, -0.25) is 9.48 Å². The molecule has 0 radical (unpaired) electrons. The molecule has 0 fully saturated rings. The van der Waals surface area contributed by atoms with Crippen LogP contribution in [0.4, 0.5) is 5.82 Å². The maximum atomic E-state index is 12.2. The number of aryl methyl sites for hydroxylation is 1. The van der Waals surface area contributed by atoms with Gasteiger partial charge in [0.25, 0.3) is 5.91 Å². The van der Waals surface area contributed by atoms with Crippen LogP contribution in [-0.2, 0) is 13.6 Å². The van der Waals surface area contributed by atoms with Crippen LogP contribution >= 0.6 is 0 Å². The van der Waals surface area contributed by atoms with Crippen molar-refractivity contribution in [2.24, 2.45) is 7.05 Å². The number of carbonyl (C=O) groups is 1. The Morgan fingerprint density at radius 1 is 1.42 bits per heavy atom. The summed E-state index contributed by atoms with van der Waals surface area (Å²) >= 11 is 0. The molecule has 0 aliphatic carbocycles. The maximum absolute atomic E-state index is 12.2. The molecule has 1 amide bonds. The third kappa shape index (κ3) is 3.09. The lowest BCUT2D eigenvalue weighted by Crippen LogP contribution is -2.26. The maximum Gasteiger partial charge on any atom is 0.255 e. The van der Waals surface area contributed by atoms with Crippen molar-refractivity contribution in [1.29, 1.82) is 0 Å². The zero-order valence-electron chi connectivity index (χ0n) is 11.3. The first-order valence-corrected chi connectivity index (χ1v) is 5.97. The van der Waals surface area contributed by atoms with Gasteiger partial charge in [0.1, 0.15) is 5.82 Å². The molecule has 0 aromatic carbocycles. The summed E-state index contributed by atoms with van der Waals surface area (Å²) in [5, 5.41) is 7.00. The van der Waals surface area contributed by atoms with Crippen molar-refractivity contribution in [3.8, 4) is 0 Å². The van der Waals surface area contributed by atoms with Crippen LogP contribution in [0.3, 0.4) is 0 Å². The SMILES string of the molecule is CNc1ccc(C(=O)N(C)Cc2cnn(C)c2)cn1. The van der Waals surface area contributed by atoms with Gasteiger partial charge >= 0.3 is 0 Å². The molecule has 0 saturated heterocycles. The zero-order valence-corrected chi connectivity index (χ0v) is 11.3. The summed E-state index contributed by atoms with van der Waals surface area (Å²) in [6, 6.07) is 3.55. The zero-order chi connectivity index (χ0) is 13.8. The molecule has 1 N–H and O–H groups in total. The third-order valence-corrected chi connectivity index (χ3v) is 2.79. The molecule has 2 rings (SSSR count). The van der Waals surface area contributed by atoms with Crippen molar-refractivity contribution < 1.29 is 4.79 Å². The molecule has 0 aliphatic rings. The van der Waals surface area contributed by atoms with E-state index in [-0.39, 0.29) is 5.91 Å². The normalized spacial score (nSPS) is 10.3. The minimum absolute atomic E-state index is 0.0565. The summed E-state index contributed by atoms with van der Waals surface area (Å²) in [5.74, 6) is 0.686. The first kappa shape index (κ1) is 13.1. The van der Waals surface area contributed by atoms with E-state index in [1.54, 1.807) is 48.2 Å². The number of nitrogens with one attached hydrogen (secondary N) is 1. The van der Waals surface area contributed by atoms with Crippen molar-refractivity contribution in [3.05, 3.63) is 41.9 Å². The first-order valence-electron chi connectivity index (χ1n) is 5.97. The standard InChI is InChI=1S/C13H17N5O/c1-14-12-5-4-11(7-15-12)13(19)17(2)8-10-6-16-18(3)9-10/h4-7,9H,8H2,1-3H3,(H,14,15). The topological polar surface area (TPSA) is 63.1 Å². The smallest absolute Gasteiger partial charge is 0.255 e. The quantitative estimate of drug-likeness (QED) is 0.894. The highest BCUT2D eigenvalue weighted by molar-refractivity contribution is 5.93.